The molecule has 1 aromatic carbocycles. The first-order valence-electron chi connectivity index (χ1n) is 6.69. The molecule has 3 nitrogen and oxygen atoms in total. The average molecular weight is 249 g/mol. The fourth-order valence-electron chi connectivity index (χ4n) is 2.74. The summed E-state index contributed by atoms with van der Waals surface area (Å²) in [5.74, 6) is 2.59. The summed E-state index contributed by atoms with van der Waals surface area (Å²) in [5.41, 5.74) is 7.19. The fraction of sp³-hybridized carbons (Fsp3) is 0.600. The SMILES string of the molecule is COc1ccc(OC)c(CC2CCC(N)CC2)c1. The summed E-state index contributed by atoms with van der Waals surface area (Å²) in [7, 11) is 3.42. The first-order valence-corrected chi connectivity index (χ1v) is 6.69. The van der Waals surface area contributed by atoms with Crippen LogP contribution < -0.4 is 15.2 Å². The van der Waals surface area contributed by atoms with Crippen molar-refractivity contribution in [3.05, 3.63) is 23.8 Å². The summed E-state index contributed by atoms with van der Waals surface area (Å²) < 4.78 is 10.7. The number of hydrogen-bond acceptors (Lipinski definition) is 3. The van der Waals surface area contributed by atoms with Crippen molar-refractivity contribution in [3.63, 3.8) is 0 Å². The Hall–Kier alpha value is -1.22. The molecule has 0 spiro atoms. The Morgan fingerprint density at radius 3 is 2.44 bits per heavy atom. The molecule has 18 heavy (non-hydrogen) atoms. The molecule has 1 aromatic rings. The van der Waals surface area contributed by atoms with Gasteiger partial charge in [-0.15, -0.1) is 0 Å². The third kappa shape index (κ3) is 3.16. The van der Waals surface area contributed by atoms with Gasteiger partial charge in [-0.25, -0.2) is 0 Å². The summed E-state index contributed by atoms with van der Waals surface area (Å²) in [6, 6.07) is 6.43. The van der Waals surface area contributed by atoms with Crippen molar-refractivity contribution in [3.8, 4) is 11.5 Å². The maximum atomic E-state index is 5.95. The van der Waals surface area contributed by atoms with Crippen molar-refractivity contribution in [2.24, 2.45) is 11.7 Å². The van der Waals surface area contributed by atoms with Crippen LogP contribution in [0.5, 0.6) is 11.5 Å². The van der Waals surface area contributed by atoms with Gasteiger partial charge in [-0.3, -0.25) is 0 Å². The van der Waals surface area contributed by atoms with Gasteiger partial charge in [0.1, 0.15) is 11.5 Å². The Kier molecular flexibility index (Phi) is 4.48. The highest BCUT2D eigenvalue weighted by Gasteiger charge is 2.20. The van der Waals surface area contributed by atoms with Gasteiger partial charge in [-0.1, -0.05) is 0 Å². The number of ether oxygens (including phenoxy) is 2. The standard InChI is InChI=1S/C15H23NO2/c1-17-14-7-8-15(18-2)12(10-14)9-11-3-5-13(16)6-4-11/h7-8,10-11,13H,3-6,9,16H2,1-2H3. The first kappa shape index (κ1) is 13.2. The number of benzene rings is 1. The molecule has 2 N–H and O–H groups in total. The molecule has 0 saturated heterocycles. The first-order chi connectivity index (χ1) is 8.72. The van der Waals surface area contributed by atoms with Crippen molar-refractivity contribution in [2.75, 3.05) is 14.2 Å². The molecular formula is C15H23NO2. The van der Waals surface area contributed by atoms with Crippen molar-refractivity contribution < 1.29 is 9.47 Å². The molecule has 0 radical (unpaired) electrons. The minimum Gasteiger partial charge on any atom is -0.497 e. The zero-order valence-corrected chi connectivity index (χ0v) is 11.3. The van der Waals surface area contributed by atoms with Gasteiger partial charge in [0.15, 0.2) is 0 Å². The second kappa shape index (κ2) is 6.10. The van der Waals surface area contributed by atoms with Crippen LogP contribution >= 0.6 is 0 Å². The van der Waals surface area contributed by atoms with Crippen LogP contribution in [0.3, 0.4) is 0 Å². The van der Waals surface area contributed by atoms with E-state index >= 15 is 0 Å². The summed E-state index contributed by atoms with van der Waals surface area (Å²) in [5, 5.41) is 0. The third-order valence-electron chi connectivity index (χ3n) is 3.89. The quantitative estimate of drug-likeness (QED) is 0.892. The number of methoxy groups -OCH3 is 2. The number of hydrogen-bond donors (Lipinski definition) is 1. The van der Waals surface area contributed by atoms with E-state index in [9.17, 15) is 0 Å². The minimum absolute atomic E-state index is 0.411. The maximum absolute atomic E-state index is 5.95. The number of nitrogens with two attached hydrogens (primary N) is 1. The molecule has 1 fully saturated rings. The smallest absolute Gasteiger partial charge is 0.122 e. The van der Waals surface area contributed by atoms with Crippen LogP contribution in [0.4, 0.5) is 0 Å². The Balaban J connectivity index is 2.07. The Morgan fingerprint density at radius 1 is 1.11 bits per heavy atom. The lowest BCUT2D eigenvalue weighted by molar-refractivity contribution is 0.319. The van der Waals surface area contributed by atoms with Crippen LogP contribution in [-0.4, -0.2) is 20.3 Å². The van der Waals surface area contributed by atoms with Gasteiger partial charge in [-0.2, -0.15) is 0 Å². The molecule has 3 heteroatoms. The Labute approximate surface area is 109 Å². The van der Waals surface area contributed by atoms with Gasteiger partial charge in [-0.05, 0) is 61.8 Å². The molecule has 0 amide bonds. The van der Waals surface area contributed by atoms with E-state index in [-0.39, 0.29) is 0 Å². The normalized spacial score (nSPS) is 23.7. The molecule has 0 heterocycles. The van der Waals surface area contributed by atoms with Crippen LogP contribution in [0.1, 0.15) is 31.2 Å². The monoisotopic (exact) mass is 249 g/mol. The van der Waals surface area contributed by atoms with E-state index in [0.29, 0.717) is 6.04 Å². The van der Waals surface area contributed by atoms with Crippen LogP contribution in [0.2, 0.25) is 0 Å². The second-order valence-corrected chi connectivity index (χ2v) is 5.16. The van der Waals surface area contributed by atoms with E-state index in [1.165, 1.54) is 18.4 Å². The topological polar surface area (TPSA) is 44.5 Å². The lowest BCUT2D eigenvalue weighted by Crippen LogP contribution is -2.27. The molecule has 1 saturated carbocycles. The fourth-order valence-corrected chi connectivity index (χ4v) is 2.74. The van der Waals surface area contributed by atoms with Gasteiger partial charge in [0.25, 0.3) is 0 Å². The average Bonchev–Trinajstić information content (AvgIpc) is 2.41. The molecular weight excluding hydrogens is 226 g/mol. The van der Waals surface area contributed by atoms with Crippen molar-refractivity contribution >= 4 is 0 Å². The van der Waals surface area contributed by atoms with Gasteiger partial charge >= 0.3 is 0 Å². The van der Waals surface area contributed by atoms with Crippen LogP contribution in [-0.2, 0) is 6.42 Å². The summed E-state index contributed by atoms with van der Waals surface area (Å²) in [6.45, 7) is 0. The summed E-state index contributed by atoms with van der Waals surface area (Å²) in [6.07, 6.45) is 5.81. The van der Waals surface area contributed by atoms with Crippen molar-refractivity contribution in [1.29, 1.82) is 0 Å². The highest BCUT2D eigenvalue weighted by atomic mass is 16.5. The lowest BCUT2D eigenvalue weighted by Gasteiger charge is -2.26. The second-order valence-electron chi connectivity index (χ2n) is 5.16. The van der Waals surface area contributed by atoms with Crippen molar-refractivity contribution in [1.82, 2.24) is 0 Å². The minimum atomic E-state index is 0.411. The van der Waals surface area contributed by atoms with Gasteiger partial charge in [0, 0.05) is 6.04 Å². The highest BCUT2D eigenvalue weighted by Crippen LogP contribution is 2.31. The van der Waals surface area contributed by atoms with E-state index < -0.39 is 0 Å². The molecule has 0 unspecified atom stereocenters. The van der Waals surface area contributed by atoms with E-state index in [0.717, 1.165) is 36.7 Å². The van der Waals surface area contributed by atoms with Gasteiger partial charge in [0.2, 0.25) is 0 Å². The zero-order chi connectivity index (χ0) is 13.0. The molecule has 1 aliphatic rings. The van der Waals surface area contributed by atoms with E-state index in [1.54, 1.807) is 14.2 Å². The predicted molar refractivity (Wildman–Crippen MR) is 73.2 cm³/mol. The van der Waals surface area contributed by atoms with E-state index in [2.05, 4.69) is 6.07 Å². The molecule has 100 valence electrons. The molecule has 0 bridgehead atoms. The van der Waals surface area contributed by atoms with Crippen LogP contribution in [0, 0.1) is 5.92 Å². The maximum Gasteiger partial charge on any atom is 0.122 e. The third-order valence-corrected chi connectivity index (χ3v) is 3.89. The summed E-state index contributed by atoms with van der Waals surface area (Å²) >= 11 is 0. The van der Waals surface area contributed by atoms with Crippen molar-refractivity contribution in [2.45, 2.75) is 38.1 Å². The Bertz CT molecular complexity index is 384. The highest BCUT2D eigenvalue weighted by molar-refractivity contribution is 5.40. The molecule has 0 atom stereocenters. The molecule has 1 aliphatic carbocycles. The summed E-state index contributed by atoms with van der Waals surface area (Å²) in [4.78, 5) is 0. The number of rotatable bonds is 4. The van der Waals surface area contributed by atoms with E-state index in [4.69, 9.17) is 15.2 Å². The molecule has 2 rings (SSSR count). The van der Waals surface area contributed by atoms with Crippen LogP contribution in [0.15, 0.2) is 18.2 Å². The lowest BCUT2D eigenvalue weighted by atomic mass is 9.82. The van der Waals surface area contributed by atoms with E-state index in [1.807, 2.05) is 12.1 Å². The van der Waals surface area contributed by atoms with Crippen LogP contribution in [0.25, 0.3) is 0 Å². The van der Waals surface area contributed by atoms with Gasteiger partial charge in [0.05, 0.1) is 14.2 Å². The largest absolute Gasteiger partial charge is 0.497 e. The molecule has 0 aromatic heterocycles. The molecule has 0 aliphatic heterocycles. The zero-order valence-electron chi connectivity index (χ0n) is 11.3. The predicted octanol–water partition coefficient (Wildman–Crippen LogP) is 2.76. The Morgan fingerprint density at radius 2 is 1.83 bits per heavy atom. The van der Waals surface area contributed by atoms with Gasteiger partial charge < -0.3 is 15.2 Å².